The van der Waals surface area contributed by atoms with E-state index in [9.17, 15) is 24.3 Å². The van der Waals surface area contributed by atoms with Crippen LogP contribution in [-0.2, 0) is 9.53 Å². The molecule has 1 aromatic carbocycles. The van der Waals surface area contributed by atoms with Gasteiger partial charge in [0.1, 0.15) is 18.1 Å². The van der Waals surface area contributed by atoms with E-state index >= 15 is 0 Å². The Labute approximate surface area is 167 Å². The zero-order valence-electron chi connectivity index (χ0n) is 14.6. The first-order valence-corrected chi connectivity index (χ1v) is 8.37. The van der Waals surface area contributed by atoms with Crippen LogP contribution in [0.15, 0.2) is 27.7 Å². The number of carboxylic acid groups (broad SMARTS) is 1. The van der Waals surface area contributed by atoms with Gasteiger partial charge in [-0.3, -0.25) is 31.3 Å². The summed E-state index contributed by atoms with van der Waals surface area (Å²) in [6, 6.07) is 2.45. The fourth-order valence-corrected chi connectivity index (χ4v) is 2.21. The quantitative estimate of drug-likeness (QED) is 0.153. The van der Waals surface area contributed by atoms with Gasteiger partial charge in [0, 0.05) is 6.92 Å². The molecule has 0 aliphatic rings. The second kappa shape index (κ2) is 10.4. The molecule has 0 bridgehead atoms. The maximum atomic E-state index is 13.4. The first kappa shape index (κ1) is 23.1. The molecule has 28 heavy (non-hydrogen) atoms. The second-order valence-electron chi connectivity index (χ2n) is 5.30. The van der Waals surface area contributed by atoms with Gasteiger partial charge in [0.15, 0.2) is 11.7 Å². The van der Waals surface area contributed by atoms with Crippen LogP contribution in [0.25, 0.3) is 0 Å². The number of anilines is 1. The van der Waals surface area contributed by atoms with Crippen molar-refractivity contribution >= 4 is 51.1 Å². The van der Waals surface area contributed by atoms with E-state index in [4.69, 9.17) is 21.3 Å². The van der Waals surface area contributed by atoms with Crippen LogP contribution in [0.2, 0.25) is 0 Å². The van der Waals surface area contributed by atoms with Gasteiger partial charge in [-0.15, -0.1) is 0 Å². The Morgan fingerprint density at radius 3 is 2.61 bits per heavy atom. The van der Waals surface area contributed by atoms with Crippen molar-refractivity contribution in [3.63, 3.8) is 0 Å². The molecule has 152 valence electrons. The van der Waals surface area contributed by atoms with E-state index in [1.54, 1.807) is 5.48 Å². The Balaban J connectivity index is 3.02. The predicted molar refractivity (Wildman–Crippen MR) is 102 cm³/mol. The van der Waals surface area contributed by atoms with Crippen LogP contribution in [-0.4, -0.2) is 59.0 Å². The molecule has 7 N–H and O–H groups in total. The van der Waals surface area contributed by atoms with Gasteiger partial charge in [0.25, 0.3) is 0 Å². The van der Waals surface area contributed by atoms with Crippen molar-refractivity contribution < 1.29 is 29.0 Å². The summed E-state index contributed by atoms with van der Waals surface area (Å²) in [7, 11) is 0. The number of hydrogen-bond donors (Lipinski definition) is 6. The van der Waals surface area contributed by atoms with Crippen LogP contribution in [0.1, 0.15) is 6.92 Å². The Bertz CT molecular complexity index is 818. The molecule has 0 heterocycles. The third-order valence-corrected chi connectivity index (χ3v) is 3.75. The Morgan fingerprint density at radius 1 is 1.46 bits per heavy atom. The number of rotatable bonds is 7. The first-order valence-electron chi connectivity index (χ1n) is 7.57. The fraction of sp³-hybridized carbons (Fsp3) is 0.267. The maximum absolute atomic E-state index is 13.4. The molecule has 1 amide bonds. The number of hydroxylamine groups is 1. The largest absolute Gasteiger partial charge is 0.464 e. The molecular formula is C15H18BrFN6O5. The van der Waals surface area contributed by atoms with Crippen molar-refractivity contribution in [2.75, 3.05) is 18.1 Å². The van der Waals surface area contributed by atoms with E-state index < -0.39 is 41.3 Å². The average Bonchev–Trinajstić information content (AvgIpc) is 2.62. The van der Waals surface area contributed by atoms with Gasteiger partial charge in [0.2, 0.25) is 0 Å². The van der Waals surface area contributed by atoms with E-state index in [-0.39, 0.29) is 23.3 Å². The predicted octanol–water partition coefficient (Wildman–Crippen LogP) is 1.34. The highest BCUT2D eigenvalue weighted by molar-refractivity contribution is 9.10. The summed E-state index contributed by atoms with van der Waals surface area (Å²) in [4.78, 5) is 26.5. The number of carbonyl (C=O) groups is 2. The maximum Gasteiger partial charge on any atom is 0.417 e. The molecular weight excluding hydrogens is 443 g/mol. The highest BCUT2D eigenvalue weighted by Gasteiger charge is 2.26. The van der Waals surface area contributed by atoms with Crippen molar-refractivity contribution in [2.45, 2.75) is 13.0 Å². The number of aliphatic imine (C=N–C) groups is 1. The molecule has 0 aliphatic heterocycles. The summed E-state index contributed by atoms with van der Waals surface area (Å²) >= 11 is 2.91. The minimum absolute atomic E-state index is 0.0406. The number of hydrogen-bond acceptors (Lipinski definition) is 8. The lowest BCUT2D eigenvalue weighted by Gasteiger charge is -2.21. The molecule has 13 heteroatoms. The van der Waals surface area contributed by atoms with Crippen LogP contribution in [0.3, 0.4) is 0 Å². The number of nitrogens with zero attached hydrogens (tertiary/aromatic N) is 2. The van der Waals surface area contributed by atoms with E-state index in [1.165, 1.54) is 6.92 Å². The first-order chi connectivity index (χ1) is 13.1. The summed E-state index contributed by atoms with van der Waals surface area (Å²) in [6.45, 7) is 0.843. The van der Waals surface area contributed by atoms with Crippen LogP contribution >= 0.6 is 15.9 Å². The normalized spacial score (nSPS) is 12.1. The number of carbonyl (C=O) groups excluding carboxylic acids is 1. The van der Waals surface area contributed by atoms with E-state index in [0.717, 1.165) is 18.2 Å². The standard InChI is InChI=1S/C15H18BrFN6O5/c1-7(24)28-6-8(18)5-21-14(22-27)12(19)13(20)23(15(25)26)9-2-3-11(17)10(16)4-9/h2-4,8,19-20,27H,5-6,18H2,1H3,(H,21,22)(H,25,26). The molecule has 1 rings (SSSR count). The summed E-state index contributed by atoms with van der Waals surface area (Å²) in [5.74, 6) is -2.58. The molecule has 0 aromatic heterocycles. The van der Waals surface area contributed by atoms with Gasteiger partial charge in [0.05, 0.1) is 22.7 Å². The lowest BCUT2D eigenvalue weighted by Crippen LogP contribution is -2.46. The molecule has 0 aliphatic carbocycles. The van der Waals surface area contributed by atoms with Gasteiger partial charge in [-0.25, -0.2) is 14.1 Å². The molecule has 0 saturated heterocycles. The average molecular weight is 461 g/mol. The minimum Gasteiger partial charge on any atom is -0.464 e. The number of amides is 1. The third-order valence-electron chi connectivity index (χ3n) is 3.14. The SMILES string of the molecule is CC(=O)OCC(N)CN=C(NO)C(=N)C(=N)N(C(=O)O)c1ccc(F)c(Br)c1. The van der Waals surface area contributed by atoms with E-state index in [1.807, 2.05) is 0 Å². The van der Waals surface area contributed by atoms with Crippen molar-refractivity contribution in [3.05, 3.63) is 28.5 Å². The van der Waals surface area contributed by atoms with Crippen molar-refractivity contribution in [3.8, 4) is 0 Å². The number of nitrogens with two attached hydrogens (primary N) is 1. The number of esters is 1. The summed E-state index contributed by atoms with van der Waals surface area (Å²) in [5.41, 5.74) is 6.38. The highest BCUT2D eigenvalue weighted by Crippen LogP contribution is 2.23. The van der Waals surface area contributed by atoms with E-state index in [2.05, 4.69) is 20.9 Å². The summed E-state index contributed by atoms with van der Waals surface area (Å²) in [6.07, 6.45) is -1.61. The van der Waals surface area contributed by atoms with Crippen molar-refractivity contribution in [1.82, 2.24) is 5.48 Å². The Kier molecular flexibility index (Phi) is 8.63. The van der Waals surface area contributed by atoms with Crippen LogP contribution in [0, 0.1) is 16.6 Å². The molecule has 0 radical (unpaired) electrons. The summed E-state index contributed by atoms with van der Waals surface area (Å²) in [5, 5.41) is 34.5. The second-order valence-corrected chi connectivity index (χ2v) is 6.16. The molecule has 11 nitrogen and oxygen atoms in total. The van der Waals surface area contributed by atoms with Gasteiger partial charge in [-0.2, -0.15) is 0 Å². The van der Waals surface area contributed by atoms with E-state index in [0.29, 0.717) is 4.90 Å². The number of nitrogens with one attached hydrogen (secondary N) is 3. The fourth-order valence-electron chi connectivity index (χ4n) is 1.84. The monoisotopic (exact) mass is 460 g/mol. The molecule has 1 aromatic rings. The highest BCUT2D eigenvalue weighted by atomic mass is 79.9. The Hall–Kier alpha value is -2.90. The third kappa shape index (κ3) is 6.37. The zero-order chi connectivity index (χ0) is 21.4. The molecule has 1 unspecified atom stereocenters. The number of ether oxygens (including phenoxy) is 1. The Morgan fingerprint density at radius 2 is 2.11 bits per heavy atom. The van der Waals surface area contributed by atoms with Gasteiger partial charge < -0.3 is 15.6 Å². The smallest absolute Gasteiger partial charge is 0.417 e. The summed E-state index contributed by atoms with van der Waals surface area (Å²) < 4.78 is 18.0. The van der Waals surface area contributed by atoms with Crippen LogP contribution < -0.4 is 16.1 Å². The number of benzene rings is 1. The van der Waals surface area contributed by atoms with Gasteiger partial charge in [-0.1, -0.05) is 0 Å². The topological polar surface area (TPSA) is 185 Å². The molecule has 0 saturated carbocycles. The van der Waals surface area contributed by atoms with Gasteiger partial charge in [-0.05, 0) is 34.1 Å². The zero-order valence-corrected chi connectivity index (χ0v) is 16.2. The minimum atomic E-state index is -1.61. The van der Waals surface area contributed by atoms with Crippen LogP contribution in [0.5, 0.6) is 0 Å². The number of amidine groups is 2. The van der Waals surface area contributed by atoms with Crippen molar-refractivity contribution in [1.29, 1.82) is 10.8 Å². The molecule has 1 atom stereocenters. The number of halogens is 2. The van der Waals surface area contributed by atoms with Crippen molar-refractivity contribution in [2.24, 2.45) is 10.7 Å². The lowest BCUT2D eigenvalue weighted by atomic mass is 10.2. The van der Waals surface area contributed by atoms with Gasteiger partial charge >= 0.3 is 12.1 Å². The lowest BCUT2D eigenvalue weighted by molar-refractivity contribution is -0.141. The van der Waals surface area contributed by atoms with Crippen LogP contribution in [0.4, 0.5) is 14.9 Å². The molecule has 0 spiro atoms. The molecule has 0 fully saturated rings.